The molecule has 0 aromatic carbocycles. The normalized spacial score (nSPS) is 25.8. The molecule has 2 rings (SSSR count). The van der Waals surface area contributed by atoms with E-state index in [0.717, 1.165) is 45.4 Å². The third kappa shape index (κ3) is 5.12. The average Bonchev–Trinajstić information content (AvgIpc) is 2.43. The lowest BCUT2D eigenvalue weighted by Crippen LogP contribution is -2.47. The highest BCUT2D eigenvalue weighted by Gasteiger charge is 2.16. The lowest BCUT2D eigenvalue weighted by molar-refractivity contribution is -0.122. The van der Waals surface area contributed by atoms with Crippen LogP contribution >= 0.6 is 0 Å². The molecule has 1 unspecified atom stereocenters. The maximum Gasteiger partial charge on any atom is 0.254 e. The molecule has 1 N–H and O–H groups in total. The molecule has 1 fully saturated rings. The first-order valence-corrected chi connectivity index (χ1v) is 7.12. The maximum atomic E-state index is 11.7. The Kier molecular flexibility index (Phi) is 5.54. The van der Waals surface area contributed by atoms with Gasteiger partial charge in [0.15, 0.2) is 0 Å². The van der Waals surface area contributed by atoms with Gasteiger partial charge in [0.1, 0.15) is 0 Å². The van der Waals surface area contributed by atoms with Gasteiger partial charge in [-0.3, -0.25) is 9.69 Å². The van der Waals surface area contributed by atoms with Crippen LogP contribution in [0.2, 0.25) is 0 Å². The zero-order chi connectivity index (χ0) is 13.5. The molecule has 1 atom stereocenters. The molecule has 0 aromatic rings. The molecule has 5 heteroatoms. The van der Waals surface area contributed by atoms with E-state index in [4.69, 9.17) is 0 Å². The zero-order valence-electron chi connectivity index (χ0n) is 11.7. The second kappa shape index (κ2) is 7.40. The number of carbonyl (C=O) groups excluding carboxylic acids is 1. The Hall–Kier alpha value is -1.20. The Labute approximate surface area is 115 Å². The summed E-state index contributed by atoms with van der Waals surface area (Å²) < 4.78 is 0. The molecule has 0 radical (unpaired) electrons. The SMILES string of the molecule is CN1CCN(CC(=O)N/N=C\C2CC=CCC2)CC1. The van der Waals surface area contributed by atoms with E-state index in [1.54, 1.807) is 0 Å². The molecule has 1 saturated heterocycles. The van der Waals surface area contributed by atoms with Gasteiger partial charge in [0, 0.05) is 32.4 Å². The second-order valence-corrected chi connectivity index (χ2v) is 5.44. The number of hydrogen-bond donors (Lipinski definition) is 1. The molecule has 106 valence electrons. The first-order chi connectivity index (χ1) is 9.24. The molecule has 1 amide bonds. The summed E-state index contributed by atoms with van der Waals surface area (Å²) in [4.78, 5) is 16.2. The molecular formula is C14H24N4O. The molecule has 1 aliphatic heterocycles. The molecule has 19 heavy (non-hydrogen) atoms. The predicted molar refractivity (Wildman–Crippen MR) is 77.1 cm³/mol. The molecule has 2 aliphatic rings. The number of piperazine rings is 1. The number of likely N-dealkylation sites (N-methyl/N-ethyl adjacent to an activating group) is 1. The van der Waals surface area contributed by atoms with Crippen molar-refractivity contribution in [2.45, 2.75) is 19.3 Å². The van der Waals surface area contributed by atoms with Gasteiger partial charge in [-0.2, -0.15) is 5.10 Å². The van der Waals surface area contributed by atoms with E-state index in [1.165, 1.54) is 0 Å². The lowest BCUT2D eigenvalue weighted by Gasteiger charge is -2.31. The highest BCUT2D eigenvalue weighted by molar-refractivity contribution is 5.78. The zero-order valence-corrected chi connectivity index (χ0v) is 11.7. The Morgan fingerprint density at radius 1 is 1.37 bits per heavy atom. The Balaban J connectivity index is 1.64. The third-order valence-electron chi connectivity index (χ3n) is 3.75. The van der Waals surface area contributed by atoms with Crippen molar-refractivity contribution in [3.05, 3.63) is 12.2 Å². The summed E-state index contributed by atoms with van der Waals surface area (Å²) in [6, 6.07) is 0. The van der Waals surface area contributed by atoms with Crippen molar-refractivity contribution in [3.8, 4) is 0 Å². The fourth-order valence-corrected chi connectivity index (χ4v) is 2.41. The number of nitrogens with one attached hydrogen (secondary N) is 1. The van der Waals surface area contributed by atoms with Crippen molar-refractivity contribution in [1.29, 1.82) is 0 Å². The van der Waals surface area contributed by atoms with Crippen LogP contribution in [-0.4, -0.2) is 61.7 Å². The van der Waals surface area contributed by atoms with Crippen molar-refractivity contribution in [1.82, 2.24) is 15.2 Å². The van der Waals surface area contributed by atoms with Gasteiger partial charge in [-0.1, -0.05) is 12.2 Å². The summed E-state index contributed by atoms with van der Waals surface area (Å²) >= 11 is 0. The van der Waals surface area contributed by atoms with Crippen LogP contribution in [-0.2, 0) is 4.79 Å². The molecule has 1 heterocycles. The molecule has 0 bridgehead atoms. The first-order valence-electron chi connectivity index (χ1n) is 7.12. The number of amides is 1. The van der Waals surface area contributed by atoms with Crippen molar-refractivity contribution in [3.63, 3.8) is 0 Å². The van der Waals surface area contributed by atoms with E-state index >= 15 is 0 Å². The number of rotatable bonds is 4. The smallest absolute Gasteiger partial charge is 0.254 e. The Bertz CT molecular complexity index is 345. The summed E-state index contributed by atoms with van der Waals surface area (Å²) in [5.74, 6) is 0.473. The first kappa shape index (κ1) is 14.2. The molecule has 0 spiro atoms. The van der Waals surface area contributed by atoms with Crippen molar-refractivity contribution < 1.29 is 4.79 Å². The van der Waals surface area contributed by atoms with Gasteiger partial charge in [0.2, 0.25) is 0 Å². The van der Waals surface area contributed by atoms with Gasteiger partial charge < -0.3 is 4.90 Å². The predicted octanol–water partition coefficient (Wildman–Crippen LogP) is 0.692. The van der Waals surface area contributed by atoms with Crippen LogP contribution in [0.5, 0.6) is 0 Å². The number of carbonyl (C=O) groups is 1. The fraction of sp³-hybridized carbons (Fsp3) is 0.714. The van der Waals surface area contributed by atoms with Crippen LogP contribution in [0.15, 0.2) is 17.3 Å². The minimum absolute atomic E-state index is 0.00726. The number of hydrazone groups is 1. The van der Waals surface area contributed by atoms with Gasteiger partial charge >= 0.3 is 0 Å². The Morgan fingerprint density at radius 2 is 2.16 bits per heavy atom. The van der Waals surface area contributed by atoms with Gasteiger partial charge in [0.05, 0.1) is 6.54 Å². The standard InChI is InChI=1S/C14H24N4O/c1-17-7-9-18(10-8-17)12-14(19)16-15-11-13-5-3-2-4-6-13/h2-3,11,13H,4-10,12H2,1H3,(H,16,19)/b15-11-. The van der Waals surface area contributed by atoms with E-state index in [1.807, 2.05) is 6.21 Å². The van der Waals surface area contributed by atoms with E-state index in [9.17, 15) is 4.79 Å². The van der Waals surface area contributed by atoms with Gasteiger partial charge in [-0.05, 0) is 32.2 Å². The van der Waals surface area contributed by atoms with Crippen LogP contribution in [0, 0.1) is 5.92 Å². The quantitative estimate of drug-likeness (QED) is 0.462. The summed E-state index contributed by atoms with van der Waals surface area (Å²) in [6.07, 6.45) is 9.56. The van der Waals surface area contributed by atoms with Gasteiger partial charge in [-0.25, -0.2) is 5.43 Å². The number of nitrogens with zero attached hydrogens (tertiary/aromatic N) is 3. The highest BCUT2D eigenvalue weighted by Crippen LogP contribution is 2.15. The van der Waals surface area contributed by atoms with Gasteiger partial charge in [-0.15, -0.1) is 0 Å². The molecular weight excluding hydrogens is 240 g/mol. The second-order valence-electron chi connectivity index (χ2n) is 5.44. The summed E-state index contributed by atoms with van der Waals surface area (Å²) in [5, 5.41) is 4.08. The monoisotopic (exact) mass is 264 g/mol. The molecule has 5 nitrogen and oxygen atoms in total. The number of hydrogen-bond acceptors (Lipinski definition) is 4. The third-order valence-corrected chi connectivity index (χ3v) is 3.75. The molecule has 0 aromatic heterocycles. The van der Waals surface area contributed by atoms with E-state index in [-0.39, 0.29) is 5.91 Å². The van der Waals surface area contributed by atoms with Crippen molar-refractivity contribution >= 4 is 12.1 Å². The van der Waals surface area contributed by atoms with E-state index < -0.39 is 0 Å². The molecule has 1 aliphatic carbocycles. The summed E-state index contributed by atoms with van der Waals surface area (Å²) in [7, 11) is 2.11. The van der Waals surface area contributed by atoms with Crippen molar-refractivity contribution in [2.24, 2.45) is 11.0 Å². The van der Waals surface area contributed by atoms with Crippen LogP contribution in [0.1, 0.15) is 19.3 Å². The van der Waals surface area contributed by atoms with E-state index in [2.05, 4.69) is 39.5 Å². The van der Waals surface area contributed by atoms with E-state index in [0.29, 0.717) is 12.5 Å². The largest absolute Gasteiger partial charge is 0.304 e. The number of allylic oxidation sites excluding steroid dienone is 2. The summed E-state index contributed by atoms with van der Waals surface area (Å²) in [6.45, 7) is 4.44. The van der Waals surface area contributed by atoms with Crippen LogP contribution < -0.4 is 5.43 Å². The molecule has 0 saturated carbocycles. The minimum atomic E-state index is -0.00726. The Morgan fingerprint density at radius 3 is 2.84 bits per heavy atom. The fourth-order valence-electron chi connectivity index (χ4n) is 2.41. The van der Waals surface area contributed by atoms with Crippen LogP contribution in [0.25, 0.3) is 0 Å². The van der Waals surface area contributed by atoms with Crippen LogP contribution in [0.4, 0.5) is 0 Å². The maximum absolute atomic E-state index is 11.7. The minimum Gasteiger partial charge on any atom is -0.304 e. The average molecular weight is 264 g/mol. The van der Waals surface area contributed by atoms with Gasteiger partial charge in [0.25, 0.3) is 5.91 Å². The van der Waals surface area contributed by atoms with Crippen molar-refractivity contribution in [2.75, 3.05) is 39.8 Å². The highest BCUT2D eigenvalue weighted by atomic mass is 16.2. The topological polar surface area (TPSA) is 47.9 Å². The lowest BCUT2D eigenvalue weighted by atomic mass is 9.96. The van der Waals surface area contributed by atoms with Crippen LogP contribution in [0.3, 0.4) is 0 Å². The summed E-state index contributed by atoms with van der Waals surface area (Å²) in [5.41, 5.74) is 2.64.